The van der Waals surface area contributed by atoms with E-state index in [0.717, 1.165) is 28.0 Å². The summed E-state index contributed by atoms with van der Waals surface area (Å²) >= 11 is 0.792. The van der Waals surface area contributed by atoms with Crippen molar-refractivity contribution in [2.45, 2.75) is 25.1 Å². The number of rotatable bonds is 5. The van der Waals surface area contributed by atoms with Crippen molar-refractivity contribution in [3.63, 3.8) is 0 Å². The second-order valence-corrected chi connectivity index (χ2v) is 8.88. The first-order valence-electron chi connectivity index (χ1n) is 8.07. The normalized spacial score (nSPS) is 11.2. The van der Waals surface area contributed by atoms with Crippen molar-refractivity contribution in [3.8, 4) is 0 Å². The number of aromatic nitrogens is 2. The van der Waals surface area contributed by atoms with Crippen molar-refractivity contribution in [1.82, 2.24) is 10.2 Å². The molecule has 0 radical (unpaired) electrons. The SMILES string of the molecule is Cc1cccc(C(=O)Nc2nnc(S(=O)(=O)Nc3cccc(C)c3C)s2)c1. The highest BCUT2D eigenvalue weighted by Gasteiger charge is 2.22. The lowest BCUT2D eigenvalue weighted by Gasteiger charge is -2.10. The first-order valence-corrected chi connectivity index (χ1v) is 10.4. The molecule has 27 heavy (non-hydrogen) atoms. The first-order chi connectivity index (χ1) is 12.8. The van der Waals surface area contributed by atoms with Crippen LogP contribution in [0.25, 0.3) is 0 Å². The van der Waals surface area contributed by atoms with Crippen molar-refractivity contribution in [2.75, 3.05) is 10.0 Å². The quantitative estimate of drug-likeness (QED) is 0.636. The van der Waals surface area contributed by atoms with Crippen LogP contribution in [0.15, 0.2) is 46.8 Å². The van der Waals surface area contributed by atoms with Gasteiger partial charge in [-0.15, -0.1) is 10.2 Å². The van der Waals surface area contributed by atoms with E-state index >= 15 is 0 Å². The number of nitrogens with zero attached hydrogens (tertiary/aromatic N) is 2. The second kappa shape index (κ2) is 7.45. The van der Waals surface area contributed by atoms with Crippen molar-refractivity contribution in [3.05, 3.63) is 64.7 Å². The van der Waals surface area contributed by atoms with Gasteiger partial charge in [0.25, 0.3) is 20.3 Å². The maximum absolute atomic E-state index is 12.6. The molecule has 0 saturated heterocycles. The van der Waals surface area contributed by atoms with Crippen molar-refractivity contribution < 1.29 is 13.2 Å². The van der Waals surface area contributed by atoms with Gasteiger partial charge in [0, 0.05) is 5.56 Å². The summed E-state index contributed by atoms with van der Waals surface area (Å²) in [7, 11) is -3.90. The summed E-state index contributed by atoms with van der Waals surface area (Å²) in [5.41, 5.74) is 3.69. The summed E-state index contributed by atoms with van der Waals surface area (Å²) in [5, 5.41) is 10.2. The number of nitrogens with one attached hydrogen (secondary N) is 2. The molecule has 1 amide bonds. The van der Waals surface area contributed by atoms with Crippen LogP contribution in [0, 0.1) is 20.8 Å². The van der Waals surface area contributed by atoms with Gasteiger partial charge in [0.05, 0.1) is 5.69 Å². The predicted octanol–water partition coefficient (Wildman–Crippen LogP) is 3.52. The molecule has 0 aliphatic rings. The molecule has 0 bridgehead atoms. The zero-order chi connectivity index (χ0) is 19.6. The fraction of sp³-hybridized carbons (Fsp3) is 0.167. The molecule has 0 spiro atoms. The zero-order valence-electron chi connectivity index (χ0n) is 15.0. The molecule has 7 nitrogen and oxygen atoms in total. The average Bonchev–Trinajstić information content (AvgIpc) is 3.08. The Labute approximate surface area is 161 Å². The van der Waals surface area contributed by atoms with E-state index in [1.54, 1.807) is 30.3 Å². The number of sulfonamides is 1. The Kier molecular flexibility index (Phi) is 5.24. The molecule has 2 aromatic carbocycles. The van der Waals surface area contributed by atoms with E-state index < -0.39 is 10.0 Å². The van der Waals surface area contributed by atoms with Crippen LogP contribution < -0.4 is 10.0 Å². The molecule has 0 aliphatic heterocycles. The molecular formula is C18H18N4O3S2. The van der Waals surface area contributed by atoms with Gasteiger partial charge in [0.2, 0.25) is 5.13 Å². The van der Waals surface area contributed by atoms with E-state index in [-0.39, 0.29) is 15.4 Å². The molecule has 1 aromatic heterocycles. The molecule has 0 atom stereocenters. The van der Waals surface area contributed by atoms with E-state index in [9.17, 15) is 13.2 Å². The number of anilines is 2. The van der Waals surface area contributed by atoms with Crippen molar-refractivity contribution in [1.29, 1.82) is 0 Å². The smallest absolute Gasteiger partial charge is 0.291 e. The number of hydrogen-bond donors (Lipinski definition) is 2. The zero-order valence-corrected chi connectivity index (χ0v) is 16.6. The summed E-state index contributed by atoms with van der Waals surface area (Å²) in [6.07, 6.45) is 0. The molecule has 140 valence electrons. The lowest BCUT2D eigenvalue weighted by Crippen LogP contribution is -2.13. The van der Waals surface area contributed by atoms with Crippen LogP contribution in [-0.2, 0) is 10.0 Å². The standard InChI is InChI=1S/C18H18N4O3S2/c1-11-6-4-8-14(10-11)16(23)19-17-20-21-18(26-17)27(24,25)22-15-9-5-7-12(2)13(15)3/h4-10,22H,1-3H3,(H,19,20,23). The molecule has 3 aromatic rings. The second-order valence-electron chi connectivity index (χ2n) is 6.05. The van der Waals surface area contributed by atoms with Gasteiger partial charge in [-0.3, -0.25) is 14.8 Å². The van der Waals surface area contributed by atoms with Gasteiger partial charge >= 0.3 is 0 Å². The van der Waals surface area contributed by atoms with Crippen LogP contribution in [0.1, 0.15) is 27.0 Å². The lowest BCUT2D eigenvalue weighted by atomic mass is 10.1. The number of hydrogen-bond acceptors (Lipinski definition) is 6. The Hall–Kier alpha value is -2.78. The minimum Gasteiger partial charge on any atom is -0.296 e. The fourth-order valence-electron chi connectivity index (χ4n) is 2.37. The van der Waals surface area contributed by atoms with Crippen LogP contribution in [0.5, 0.6) is 0 Å². The molecular weight excluding hydrogens is 384 g/mol. The Bertz CT molecular complexity index is 1110. The number of carbonyl (C=O) groups excluding carboxylic acids is 1. The number of aryl methyl sites for hydroxylation is 2. The maximum Gasteiger partial charge on any atom is 0.291 e. The van der Waals surface area contributed by atoms with Gasteiger partial charge in [0.15, 0.2) is 0 Å². The molecule has 1 heterocycles. The third-order valence-corrected chi connectivity index (χ3v) is 6.56. The predicted molar refractivity (Wildman–Crippen MR) is 106 cm³/mol. The highest BCUT2D eigenvalue weighted by atomic mass is 32.2. The van der Waals surface area contributed by atoms with Crippen LogP contribution >= 0.6 is 11.3 Å². The highest BCUT2D eigenvalue weighted by molar-refractivity contribution is 7.94. The van der Waals surface area contributed by atoms with Gasteiger partial charge < -0.3 is 0 Å². The van der Waals surface area contributed by atoms with E-state index in [4.69, 9.17) is 0 Å². The molecule has 9 heteroatoms. The number of carbonyl (C=O) groups is 1. The highest BCUT2D eigenvalue weighted by Crippen LogP contribution is 2.25. The number of amides is 1. The third kappa shape index (κ3) is 4.32. The van der Waals surface area contributed by atoms with Crippen molar-refractivity contribution >= 4 is 38.1 Å². The van der Waals surface area contributed by atoms with E-state index in [1.165, 1.54) is 0 Å². The summed E-state index contributed by atoms with van der Waals surface area (Å²) in [6.45, 7) is 5.61. The van der Waals surface area contributed by atoms with Crippen LogP contribution in [0.2, 0.25) is 0 Å². The van der Waals surface area contributed by atoms with Crippen molar-refractivity contribution in [2.24, 2.45) is 0 Å². The Morgan fingerprint density at radius 2 is 1.78 bits per heavy atom. The Morgan fingerprint density at radius 3 is 2.52 bits per heavy atom. The largest absolute Gasteiger partial charge is 0.296 e. The average molecular weight is 403 g/mol. The van der Waals surface area contributed by atoms with E-state index in [1.807, 2.05) is 32.9 Å². The Morgan fingerprint density at radius 1 is 1.04 bits per heavy atom. The van der Waals surface area contributed by atoms with Gasteiger partial charge in [-0.05, 0) is 50.1 Å². The molecule has 0 aliphatic carbocycles. The number of benzene rings is 2. The molecule has 0 saturated carbocycles. The first kappa shape index (κ1) is 19.0. The summed E-state index contributed by atoms with van der Waals surface area (Å²) in [6, 6.07) is 12.4. The minimum absolute atomic E-state index is 0.114. The molecule has 3 rings (SSSR count). The molecule has 0 unspecified atom stereocenters. The summed E-state index contributed by atoms with van der Waals surface area (Å²) < 4.78 is 27.4. The van der Waals surface area contributed by atoms with Crippen LogP contribution in [0.4, 0.5) is 10.8 Å². The fourth-order valence-corrected chi connectivity index (χ4v) is 4.39. The summed E-state index contributed by atoms with van der Waals surface area (Å²) in [5.74, 6) is -0.374. The van der Waals surface area contributed by atoms with Crippen LogP contribution in [-0.4, -0.2) is 24.5 Å². The third-order valence-electron chi connectivity index (χ3n) is 3.99. The van der Waals surface area contributed by atoms with Crippen LogP contribution in [0.3, 0.4) is 0 Å². The lowest BCUT2D eigenvalue weighted by molar-refractivity contribution is 0.102. The van der Waals surface area contributed by atoms with Gasteiger partial charge in [-0.1, -0.05) is 41.2 Å². The van der Waals surface area contributed by atoms with Gasteiger partial charge in [-0.2, -0.15) is 8.42 Å². The molecule has 2 N–H and O–H groups in total. The Balaban J connectivity index is 1.78. The van der Waals surface area contributed by atoms with Gasteiger partial charge in [-0.25, -0.2) is 0 Å². The topological polar surface area (TPSA) is 101 Å². The maximum atomic E-state index is 12.6. The van der Waals surface area contributed by atoms with E-state index in [2.05, 4.69) is 20.2 Å². The summed E-state index contributed by atoms with van der Waals surface area (Å²) in [4.78, 5) is 12.3. The van der Waals surface area contributed by atoms with E-state index in [0.29, 0.717) is 11.3 Å². The monoisotopic (exact) mass is 402 g/mol. The van der Waals surface area contributed by atoms with Gasteiger partial charge in [0.1, 0.15) is 0 Å². The molecule has 0 fully saturated rings. The minimum atomic E-state index is -3.90.